The zero-order valence-corrected chi connectivity index (χ0v) is 14.2. The van der Waals surface area contributed by atoms with E-state index in [1.54, 1.807) is 22.6 Å². The summed E-state index contributed by atoms with van der Waals surface area (Å²) in [6.45, 7) is 3.07. The molecule has 4 nitrogen and oxygen atoms in total. The van der Waals surface area contributed by atoms with Crippen molar-refractivity contribution in [2.24, 2.45) is 0 Å². The molecule has 0 saturated carbocycles. The molecule has 1 aliphatic rings. The highest BCUT2D eigenvalue weighted by Gasteiger charge is 2.30. The average molecular weight is 369 g/mol. The maximum absolute atomic E-state index is 12.9. The van der Waals surface area contributed by atoms with Crippen LogP contribution in [-0.2, 0) is 10.0 Å². The predicted molar refractivity (Wildman–Crippen MR) is 87.2 cm³/mol. The number of pyridine rings is 1. The Balaban J connectivity index is 2.09. The van der Waals surface area contributed by atoms with Crippen LogP contribution >= 0.6 is 15.9 Å². The second-order valence-electron chi connectivity index (χ2n) is 5.36. The summed E-state index contributed by atoms with van der Waals surface area (Å²) in [5.41, 5.74) is 1.75. The van der Waals surface area contributed by atoms with Gasteiger partial charge in [0.1, 0.15) is 0 Å². The highest BCUT2D eigenvalue weighted by Crippen LogP contribution is 2.29. The van der Waals surface area contributed by atoms with Crippen molar-refractivity contribution in [3.05, 3.63) is 36.0 Å². The number of sulfonamides is 1. The van der Waals surface area contributed by atoms with Gasteiger partial charge < -0.3 is 0 Å². The van der Waals surface area contributed by atoms with E-state index in [-0.39, 0.29) is 0 Å². The van der Waals surface area contributed by atoms with Crippen LogP contribution in [0.25, 0.3) is 10.9 Å². The highest BCUT2D eigenvalue weighted by atomic mass is 79.9. The van der Waals surface area contributed by atoms with E-state index in [9.17, 15) is 8.42 Å². The van der Waals surface area contributed by atoms with Crippen LogP contribution in [0.3, 0.4) is 0 Å². The van der Waals surface area contributed by atoms with Crippen molar-refractivity contribution in [1.29, 1.82) is 0 Å². The summed E-state index contributed by atoms with van der Waals surface area (Å²) < 4.78 is 27.4. The fourth-order valence-corrected chi connectivity index (χ4v) is 4.78. The lowest BCUT2D eigenvalue weighted by Gasteiger charge is -2.29. The number of benzene rings is 1. The maximum Gasteiger partial charge on any atom is 0.243 e. The van der Waals surface area contributed by atoms with Crippen molar-refractivity contribution < 1.29 is 8.42 Å². The summed E-state index contributed by atoms with van der Waals surface area (Å²) in [7, 11) is -3.46. The van der Waals surface area contributed by atoms with Gasteiger partial charge in [-0.1, -0.05) is 22.0 Å². The fraction of sp³-hybridized carbons (Fsp3) is 0.400. The molecule has 0 atom stereocenters. The highest BCUT2D eigenvalue weighted by molar-refractivity contribution is 9.09. The quantitative estimate of drug-likeness (QED) is 0.765. The van der Waals surface area contributed by atoms with E-state index in [1.807, 2.05) is 19.1 Å². The van der Waals surface area contributed by atoms with E-state index in [0.717, 1.165) is 23.9 Å². The Morgan fingerprint density at radius 1 is 1.24 bits per heavy atom. The first-order chi connectivity index (χ1) is 10.00. The molecule has 2 aromatic rings. The number of aryl methyl sites for hydroxylation is 1. The summed E-state index contributed by atoms with van der Waals surface area (Å²) >= 11 is 3.56. The average Bonchev–Trinajstić information content (AvgIpc) is 2.48. The Kier molecular flexibility index (Phi) is 4.03. The Morgan fingerprint density at radius 2 is 1.95 bits per heavy atom. The molecule has 3 rings (SSSR count). The monoisotopic (exact) mass is 368 g/mol. The smallest absolute Gasteiger partial charge is 0.243 e. The van der Waals surface area contributed by atoms with E-state index in [4.69, 9.17) is 0 Å². The van der Waals surface area contributed by atoms with Crippen LogP contribution in [0.5, 0.6) is 0 Å². The molecule has 1 aliphatic heterocycles. The van der Waals surface area contributed by atoms with Crippen molar-refractivity contribution in [2.45, 2.75) is 29.5 Å². The van der Waals surface area contributed by atoms with Gasteiger partial charge in [0, 0.05) is 29.5 Å². The standard InChI is InChI=1S/C15H17BrN2O2S/c1-11-4-5-14(13-3-2-8-17-15(11)13)21(19,20)18-9-6-12(16)7-10-18/h2-5,8,12H,6-7,9-10H2,1H3. The third kappa shape index (κ3) is 2.72. The Hall–Kier alpha value is -0.980. The number of alkyl halides is 1. The Morgan fingerprint density at radius 3 is 2.67 bits per heavy atom. The first-order valence-electron chi connectivity index (χ1n) is 6.99. The maximum atomic E-state index is 12.9. The first-order valence-corrected chi connectivity index (χ1v) is 9.34. The Bertz CT molecular complexity index is 768. The van der Waals surface area contributed by atoms with Crippen LogP contribution in [0.4, 0.5) is 0 Å². The molecule has 1 fully saturated rings. The Labute approximate surface area is 133 Å². The fourth-order valence-electron chi connectivity index (χ4n) is 2.72. The predicted octanol–water partition coefficient (Wildman–Crippen LogP) is 3.09. The number of rotatable bonds is 2. The summed E-state index contributed by atoms with van der Waals surface area (Å²) in [6.07, 6.45) is 3.39. The second kappa shape index (κ2) is 5.66. The largest absolute Gasteiger partial charge is 0.256 e. The third-order valence-corrected chi connectivity index (χ3v) is 6.81. The molecule has 0 N–H and O–H groups in total. The molecular weight excluding hydrogens is 352 g/mol. The molecular formula is C15H17BrN2O2S. The molecule has 0 aliphatic carbocycles. The van der Waals surface area contributed by atoms with Crippen LogP contribution in [0, 0.1) is 6.92 Å². The molecule has 0 spiro atoms. The summed E-state index contributed by atoms with van der Waals surface area (Å²) in [5.74, 6) is 0. The van der Waals surface area contributed by atoms with E-state index in [1.165, 1.54) is 0 Å². The lowest BCUT2D eigenvalue weighted by Crippen LogP contribution is -2.38. The van der Waals surface area contributed by atoms with Gasteiger partial charge >= 0.3 is 0 Å². The zero-order valence-electron chi connectivity index (χ0n) is 11.8. The lowest BCUT2D eigenvalue weighted by molar-refractivity contribution is 0.355. The molecule has 0 radical (unpaired) electrons. The zero-order chi connectivity index (χ0) is 15.0. The van der Waals surface area contributed by atoms with Gasteiger partial charge in [-0.2, -0.15) is 4.31 Å². The van der Waals surface area contributed by atoms with Crippen LogP contribution in [0.1, 0.15) is 18.4 Å². The first kappa shape index (κ1) is 14.9. The van der Waals surface area contributed by atoms with E-state index < -0.39 is 10.0 Å². The molecule has 0 amide bonds. The van der Waals surface area contributed by atoms with Crippen LogP contribution in [0.15, 0.2) is 35.4 Å². The number of piperidine rings is 1. The normalized spacial score (nSPS) is 18.2. The van der Waals surface area contributed by atoms with Crippen molar-refractivity contribution >= 4 is 36.9 Å². The number of fused-ring (bicyclic) bond motifs is 1. The lowest BCUT2D eigenvalue weighted by atomic mass is 10.1. The number of halogens is 1. The molecule has 1 aromatic carbocycles. The van der Waals surface area contributed by atoms with Crippen molar-refractivity contribution in [3.63, 3.8) is 0 Å². The minimum Gasteiger partial charge on any atom is -0.256 e. The molecule has 1 saturated heterocycles. The third-order valence-electron chi connectivity index (χ3n) is 3.93. The minimum absolute atomic E-state index is 0.365. The van der Waals surface area contributed by atoms with Gasteiger partial charge in [-0.25, -0.2) is 8.42 Å². The molecule has 0 bridgehead atoms. The van der Waals surface area contributed by atoms with Crippen molar-refractivity contribution in [1.82, 2.24) is 9.29 Å². The summed E-state index contributed by atoms with van der Waals surface area (Å²) in [4.78, 5) is 5.10. The van der Waals surface area contributed by atoms with Gasteiger partial charge in [-0.3, -0.25) is 4.98 Å². The molecule has 21 heavy (non-hydrogen) atoms. The summed E-state index contributed by atoms with van der Waals surface area (Å²) in [5, 5.41) is 0.707. The van der Waals surface area contributed by atoms with Gasteiger partial charge in [0.2, 0.25) is 10.0 Å². The number of hydrogen-bond acceptors (Lipinski definition) is 3. The topological polar surface area (TPSA) is 50.3 Å². The van der Waals surface area contributed by atoms with Gasteiger partial charge in [-0.15, -0.1) is 0 Å². The molecule has 2 heterocycles. The van der Waals surface area contributed by atoms with Crippen LogP contribution < -0.4 is 0 Å². The molecule has 1 aromatic heterocycles. The minimum atomic E-state index is -3.46. The number of nitrogens with zero attached hydrogens (tertiary/aromatic N) is 2. The van der Waals surface area contributed by atoms with Gasteiger partial charge in [0.05, 0.1) is 10.4 Å². The molecule has 6 heteroatoms. The van der Waals surface area contributed by atoms with Crippen molar-refractivity contribution in [3.8, 4) is 0 Å². The summed E-state index contributed by atoms with van der Waals surface area (Å²) in [6, 6.07) is 7.15. The SMILES string of the molecule is Cc1ccc(S(=O)(=O)N2CCC(Br)CC2)c2cccnc12. The van der Waals surface area contributed by atoms with Crippen molar-refractivity contribution in [2.75, 3.05) is 13.1 Å². The van der Waals surface area contributed by atoms with Gasteiger partial charge in [0.25, 0.3) is 0 Å². The van der Waals surface area contributed by atoms with Gasteiger partial charge in [0.15, 0.2) is 0 Å². The number of hydrogen-bond donors (Lipinski definition) is 0. The van der Waals surface area contributed by atoms with Crippen LogP contribution in [-0.4, -0.2) is 35.6 Å². The second-order valence-corrected chi connectivity index (χ2v) is 8.56. The van der Waals surface area contributed by atoms with Gasteiger partial charge in [-0.05, 0) is 43.5 Å². The van der Waals surface area contributed by atoms with Crippen LogP contribution in [0.2, 0.25) is 0 Å². The van der Waals surface area contributed by atoms with E-state index in [0.29, 0.717) is 28.2 Å². The molecule has 0 unspecified atom stereocenters. The molecule has 112 valence electrons. The van der Waals surface area contributed by atoms with E-state index >= 15 is 0 Å². The number of aromatic nitrogens is 1. The van der Waals surface area contributed by atoms with E-state index in [2.05, 4.69) is 20.9 Å².